The Kier molecular flexibility index (Phi) is 6.83. The molecule has 3 aromatic rings. The van der Waals surface area contributed by atoms with Gasteiger partial charge in [0.15, 0.2) is 0 Å². The standard InChI is InChI=1S/C24H23ClN2O6/c25-19-8-7-18(24(32)23(31)22(30)21(29)20(13-28)33-24)10-17(19)9-15-4-1-14(2-5-15)3-6-16-11-26-27-12-16/h1-2,4-5,7-8,10-12,20-23,28-32H,9,13H2,(H,26,27)/t20-,21-,22+,23-,24+/m1/s1. The van der Waals surface area contributed by atoms with Gasteiger partial charge in [0, 0.05) is 22.3 Å². The first-order valence-electron chi connectivity index (χ1n) is 10.3. The average Bonchev–Trinajstić information content (AvgIpc) is 3.35. The molecule has 33 heavy (non-hydrogen) atoms. The lowest BCUT2D eigenvalue weighted by atomic mass is 9.87. The number of rotatable bonds is 4. The third kappa shape index (κ3) is 4.81. The lowest BCUT2D eigenvalue weighted by Gasteiger charge is -2.45. The Labute approximate surface area is 195 Å². The number of benzene rings is 2. The van der Waals surface area contributed by atoms with Gasteiger partial charge >= 0.3 is 0 Å². The normalized spacial score (nSPS) is 27.1. The highest BCUT2D eigenvalue weighted by molar-refractivity contribution is 6.31. The molecule has 0 radical (unpaired) electrons. The van der Waals surface area contributed by atoms with Gasteiger partial charge in [-0.25, -0.2) is 0 Å². The molecule has 0 unspecified atom stereocenters. The Morgan fingerprint density at radius 2 is 1.76 bits per heavy atom. The minimum Gasteiger partial charge on any atom is -0.394 e. The maximum absolute atomic E-state index is 11.0. The lowest BCUT2D eigenvalue weighted by molar-refractivity contribution is -0.357. The minimum atomic E-state index is -2.34. The van der Waals surface area contributed by atoms with Crippen LogP contribution in [-0.2, 0) is 16.9 Å². The van der Waals surface area contributed by atoms with E-state index in [1.54, 1.807) is 24.5 Å². The van der Waals surface area contributed by atoms with Crippen molar-refractivity contribution in [1.82, 2.24) is 10.2 Å². The summed E-state index contributed by atoms with van der Waals surface area (Å²) in [6, 6.07) is 12.2. The van der Waals surface area contributed by atoms with E-state index in [1.165, 1.54) is 6.07 Å². The molecule has 1 saturated heterocycles. The Morgan fingerprint density at radius 3 is 2.42 bits per heavy atom. The summed E-state index contributed by atoms with van der Waals surface area (Å²) in [6.45, 7) is -0.649. The van der Waals surface area contributed by atoms with Crippen LogP contribution in [0.4, 0.5) is 0 Å². The first kappa shape index (κ1) is 23.4. The summed E-state index contributed by atoms with van der Waals surface area (Å²) in [7, 11) is 0. The van der Waals surface area contributed by atoms with Crippen molar-refractivity contribution in [2.45, 2.75) is 36.6 Å². The summed E-state index contributed by atoms with van der Waals surface area (Å²) >= 11 is 6.37. The van der Waals surface area contributed by atoms with Crippen molar-refractivity contribution in [3.63, 3.8) is 0 Å². The van der Waals surface area contributed by atoms with Crippen molar-refractivity contribution >= 4 is 11.6 Å². The van der Waals surface area contributed by atoms with Crippen LogP contribution in [0.15, 0.2) is 54.9 Å². The summed E-state index contributed by atoms with van der Waals surface area (Å²) in [5, 5.41) is 58.0. The molecule has 2 aromatic carbocycles. The number of ether oxygens (including phenoxy) is 1. The van der Waals surface area contributed by atoms with E-state index in [0.717, 1.165) is 16.7 Å². The first-order valence-corrected chi connectivity index (χ1v) is 10.6. The van der Waals surface area contributed by atoms with Gasteiger partial charge in [0.25, 0.3) is 0 Å². The van der Waals surface area contributed by atoms with Crippen molar-refractivity contribution in [3.05, 3.63) is 87.7 Å². The fraction of sp³-hybridized carbons (Fsp3) is 0.292. The van der Waals surface area contributed by atoms with Gasteiger partial charge in [-0.2, -0.15) is 5.10 Å². The smallest absolute Gasteiger partial charge is 0.222 e. The number of halogens is 1. The van der Waals surface area contributed by atoms with Gasteiger partial charge in [-0.05, 0) is 41.8 Å². The van der Waals surface area contributed by atoms with Crippen LogP contribution in [0.25, 0.3) is 0 Å². The van der Waals surface area contributed by atoms with Gasteiger partial charge in [0.05, 0.1) is 18.4 Å². The molecule has 9 heteroatoms. The second-order valence-electron chi connectivity index (χ2n) is 7.88. The molecule has 2 heterocycles. The number of nitrogens with zero attached hydrogens (tertiary/aromatic N) is 1. The molecule has 1 fully saturated rings. The zero-order valence-electron chi connectivity index (χ0n) is 17.4. The summed E-state index contributed by atoms with van der Waals surface area (Å²) in [5.74, 6) is 3.72. The maximum Gasteiger partial charge on any atom is 0.222 e. The molecule has 1 aromatic heterocycles. The lowest BCUT2D eigenvalue weighted by Crippen LogP contribution is -2.63. The van der Waals surface area contributed by atoms with E-state index in [4.69, 9.17) is 16.3 Å². The Hall–Kier alpha value is -2.74. The molecule has 0 spiro atoms. The minimum absolute atomic E-state index is 0.140. The molecule has 0 aliphatic carbocycles. The zero-order valence-corrected chi connectivity index (χ0v) is 18.1. The molecule has 1 aliphatic rings. The molecule has 8 nitrogen and oxygen atoms in total. The van der Waals surface area contributed by atoms with E-state index in [0.29, 0.717) is 17.0 Å². The van der Waals surface area contributed by atoms with Crippen LogP contribution in [0, 0.1) is 11.8 Å². The highest BCUT2D eigenvalue weighted by Gasteiger charge is 2.53. The van der Waals surface area contributed by atoms with Crippen LogP contribution in [0.1, 0.15) is 27.8 Å². The topological polar surface area (TPSA) is 139 Å². The van der Waals surface area contributed by atoms with Crippen molar-refractivity contribution in [3.8, 4) is 11.8 Å². The van der Waals surface area contributed by atoms with Crippen LogP contribution >= 0.6 is 11.6 Å². The van der Waals surface area contributed by atoms with Crippen molar-refractivity contribution in [2.24, 2.45) is 0 Å². The van der Waals surface area contributed by atoms with Crippen LogP contribution in [0.5, 0.6) is 0 Å². The van der Waals surface area contributed by atoms with Crippen LogP contribution in [0.2, 0.25) is 5.02 Å². The fourth-order valence-corrected chi connectivity index (χ4v) is 3.90. The van der Waals surface area contributed by atoms with Crippen LogP contribution in [0.3, 0.4) is 0 Å². The van der Waals surface area contributed by atoms with E-state index in [1.807, 2.05) is 24.3 Å². The molecular weight excluding hydrogens is 448 g/mol. The van der Waals surface area contributed by atoms with Gasteiger partial charge < -0.3 is 30.3 Å². The molecule has 5 atom stereocenters. The number of hydrogen-bond acceptors (Lipinski definition) is 7. The van der Waals surface area contributed by atoms with Gasteiger partial charge in [0.1, 0.15) is 24.4 Å². The Bertz CT molecular complexity index is 1160. The second kappa shape index (κ2) is 9.63. The van der Waals surface area contributed by atoms with E-state index in [-0.39, 0.29) is 5.56 Å². The number of hydrogen-bond donors (Lipinski definition) is 6. The van der Waals surface area contributed by atoms with Crippen molar-refractivity contribution < 1.29 is 30.3 Å². The largest absolute Gasteiger partial charge is 0.394 e. The fourth-order valence-electron chi connectivity index (χ4n) is 3.71. The number of nitrogens with one attached hydrogen (secondary N) is 1. The Morgan fingerprint density at radius 1 is 1.03 bits per heavy atom. The number of aliphatic hydroxyl groups is 5. The van der Waals surface area contributed by atoms with Crippen LogP contribution < -0.4 is 0 Å². The summed E-state index contributed by atoms with van der Waals surface area (Å²) in [6.07, 6.45) is -2.61. The quantitative estimate of drug-likeness (QED) is 0.308. The molecule has 1 aliphatic heterocycles. The highest BCUT2D eigenvalue weighted by Crippen LogP contribution is 2.37. The SMILES string of the molecule is OC[C@H]1O[C@@](O)(c2ccc(Cl)c(Cc3ccc(C#Cc4cn[nH]c4)cc3)c2)[C@H](O)[C@@H](O)[C@@H]1O. The summed E-state index contributed by atoms with van der Waals surface area (Å²) in [4.78, 5) is 0. The van der Waals surface area contributed by atoms with E-state index in [9.17, 15) is 25.5 Å². The molecule has 172 valence electrons. The molecular formula is C24H23ClN2O6. The second-order valence-corrected chi connectivity index (χ2v) is 8.29. The van der Waals surface area contributed by atoms with E-state index < -0.39 is 36.8 Å². The van der Waals surface area contributed by atoms with Gasteiger partial charge in [-0.3, -0.25) is 5.10 Å². The Balaban J connectivity index is 1.56. The summed E-state index contributed by atoms with van der Waals surface area (Å²) in [5.41, 5.74) is 3.34. The molecule has 0 amide bonds. The van der Waals surface area contributed by atoms with E-state index >= 15 is 0 Å². The molecule has 4 rings (SSSR count). The third-order valence-corrected chi connectivity index (χ3v) is 5.99. The van der Waals surface area contributed by atoms with Crippen LogP contribution in [-0.4, -0.2) is 66.8 Å². The van der Waals surface area contributed by atoms with E-state index in [2.05, 4.69) is 22.0 Å². The number of H-pyrrole nitrogens is 1. The average molecular weight is 471 g/mol. The predicted octanol–water partition coefficient (Wildman–Crippen LogP) is 0.673. The maximum atomic E-state index is 11.0. The van der Waals surface area contributed by atoms with Crippen molar-refractivity contribution in [2.75, 3.05) is 6.61 Å². The molecule has 0 bridgehead atoms. The molecule has 6 N–H and O–H groups in total. The highest BCUT2D eigenvalue weighted by atomic mass is 35.5. The molecule has 0 saturated carbocycles. The monoisotopic (exact) mass is 470 g/mol. The third-order valence-electron chi connectivity index (χ3n) is 5.62. The van der Waals surface area contributed by atoms with Gasteiger partial charge in [0.2, 0.25) is 5.79 Å². The zero-order chi connectivity index (χ0) is 23.6. The van der Waals surface area contributed by atoms with Gasteiger partial charge in [-0.1, -0.05) is 41.6 Å². The number of aromatic nitrogens is 2. The predicted molar refractivity (Wildman–Crippen MR) is 119 cm³/mol. The number of aromatic amines is 1. The van der Waals surface area contributed by atoms with Crippen molar-refractivity contribution in [1.29, 1.82) is 0 Å². The summed E-state index contributed by atoms with van der Waals surface area (Å²) < 4.78 is 5.40. The number of aliphatic hydroxyl groups excluding tert-OH is 4. The van der Waals surface area contributed by atoms with Gasteiger partial charge in [-0.15, -0.1) is 0 Å². The first-order chi connectivity index (χ1) is 15.8.